The van der Waals surface area contributed by atoms with Crippen LogP contribution in [0.4, 0.5) is 0 Å². The Bertz CT molecular complexity index is 1290. The quantitative estimate of drug-likeness (QED) is 0.416. The monoisotopic (exact) mass is 382 g/mol. The Balaban J connectivity index is 1.78. The molecule has 3 N–H and O–H groups in total. The molecule has 0 bridgehead atoms. The smallest absolute Gasteiger partial charge is 0.272 e. The summed E-state index contributed by atoms with van der Waals surface area (Å²) in [5.74, 6) is 0.0278. The van der Waals surface area contributed by atoms with Crippen LogP contribution in [-0.2, 0) is 13.5 Å². The number of fused-ring (bicyclic) bond motifs is 1. The highest BCUT2D eigenvalue weighted by Crippen LogP contribution is 2.26. The minimum atomic E-state index is -0.100. The number of hydrogen-bond donors (Lipinski definition) is 2. The van der Waals surface area contributed by atoms with Gasteiger partial charge in [0, 0.05) is 19.0 Å². The number of rotatable bonds is 4. The van der Waals surface area contributed by atoms with Crippen molar-refractivity contribution in [2.24, 2.45) is 12.8 Å². The van der Waals surface area contributed by atoms with E-state index in [9.17, 15) is 4.79 Å². The molecule has 0 radical (unpaired) electrons. The van der Waals surface area contributed by atoms with Gasteiger partial charge in [-0.1, -0.05) is 54.6 Å². The van der Waals surface area contributed by atoms with Crippen LogP contribution in [0.25, 0.3) is 22.2 Å². The van der Waals surface area contributed by atoms with Gasteiger partial charge in [0.05, 0.1) is 11.0 Å². The summed E-state index contributed by atoms with van der Waals surface area (Å²) in [7, 11) is 1.78. The van der Waals surface area contributed by atoms with Gasteiger partial charge in [-0.25, -0.2) is 4.98 Å². The minimum Gasteiger partial charge on any atom is -0.384 e. The molecule has 5 heteroatoms. The minimum absolute atomic E-state index is 0.0278. The second-order valence-corrected chi connectivity index (χ2v) is 7.23. The highest BCUT2D eigenvalue weighted by molar-refractivity contribution is 5.94. The first kappa shape index (κ1) is 18.6. The number of aryl methyl sites for hydroxylation is 2. The molecule has 3 aromatic carbocycles. The zero-order valence-corrected chi connectivity index (χ0v) is 16.4. The molecule has 0 atom stereocenters. The fourth-order valence-corrected chi connectivity index (χ4v) is 3.57. The summed E-state index contributed by atoms with van der Waals surface area (Å²) in [6.07, 6.45) is 0.426. The van der Waals surface area contributed by atoms with Crippen LogP contribution in [0.3, 0.4) is 0 Å². The highest BCUT2D eigenvalue weighted by Gasteiger charge is 2.11. The van der Waals surface area contributed by atoms with Gasteiger partial charge >= 0.3 is 0 Å². The molecule has 0 unspecified atom stereocenters. The van der Waals surface area contributed by atoms with Crippen molar-refractivity contribution in [1.29, 1.82) is 5.41 Å². The van der Waals surface area contributed by atoms with Crippen molar-refractivity contribution in [2.75, 3.05) is 0 Å². The van der Waals surface area contributed by atoms with Crippen LogP contribution in [0, 0.1) is 12.3 Å². The summed E-state index contributed by atoms with van der Waals surface area (Å²) in [5, 5.41) is 7.50. The van der Waals surface area contributed by atoms with Crippen molar-refractivity contribution >= 4 is 16.9 Å². The Hall–Kier alpha value is -3.73. The van der Waals surface area contributed by atoms with Gasteiger partial charge in [0.2, 0.25) is 0 Å². The van der Waals surface area contributed by atoms with Crippen LogP contribution in [0.5, 0.6) is 0 Å². The molecule has 1 heterocycles. The maximum absolute atomic E-state index is 12.8. The summed E-state index contributed by atoms with van der Waals surface area (Å²) < 4.78 is 1.66. The molecule has 1 aromatic heterocycles. The predicted octanol–water partition coefficient (Wildman–Crippen LogP) is 3.78. The zero-order chi connectivity index (χ0) is 20.5. The molecule has 0 aliphatic heterocycles. The second kappa shape index (κ2) is 7.36. The van der Waals surface area contributed by atoms with Crippen LogP contribution in [0.2, 0.25) is 0 Å². The Morgan fingerprint density at radius 1 is 1.07 bits per heavy atom. The summed E-state index contributed by atoms with van der Waals surface area (Å²) in [4.78, 5) is 17.5. The van der Waals surface area contributed by atoms with E-state index in [0.29, 0.717) is 17.7 Å². The SMILES string of the molecule is Cc1ccccc1-c1ccc2c(c1)nc(Cc1ccc(C(=N)N)cc1)c(=O)n2C. The average molecular weight is 382 g/mol. The third kappa shape index (κ3) is 3.55. The van der Waals surface area contributed by atoms with Crippen molar-refractivity contribution in [3.05, 3.63) is 99.5 Å². The van der Waals surface area contributed by atoms with Crippen molar-refractivity contribution in [3.63, 3.8) is 0 Å². The van der Waals surface area contributed by atoms with Gasteiger partial charge < -0.3 is 10.3 Å². The maximum atomic E-state index is 12.8. The third-order valence-corrected chi connectivity index (χ3v) is 5.24. The van der Waals surface area contributed by atoms with E-state index < -0.39 is 0 Å². The van der Waals surface area contributed by atoms with Gasteiger partial charge in [-0.3, -0.25) is 10.2 Å². The van der Waals surface area contributed by atoms with Crippen molar-refractivity contribution in [2.45, 2.75) is 13.3 Å². The number of nitrogens with one attached hydrogen (secondary N) is 1. The summed E-state index contributed by atoms with van der Waals surface area (Å²) in [6.45, 7) is 2.09. The maximum Gasteiger partial charge on any atom is 0.272 e. The van der Waals surface area contributed by atoms with Crippen LogP contribution >= 0.6 is 0 Å². The Morgan fingerprint density at radius 2 is 1.79 bits per heavy atom. The lowest BCUT2D eigenvalue weighted by atomic mass is 10.00. The van der Waals surface area contributed by atoms with E-state index in [1.165, 1.54) is 5.56 Å². The highest BCUT2D eigenvalue weighted by atomic mass is 16.1. The van der Waals surface area contributed by atoms with Crippen LogP contribution in [0.15, 0.2) is 71.5 Å². The lowest BCUT2D eigenvalue weighted by molar-refractivity contribution is 0.855. The number of hydrogen-bond acceptors (Lipinski definition) is 3. The molecule has 4 aromatic rings. The average Bonchev–Trinajstić information content (AvgIpc) is 2.72. The lowest BCUT2D eigenvalue weighted by Crippen LogP contribution is -2.23. The van der Waals surface area contributed by atoms with Gasteiger partial charge in [0.25, 0.3) is 5.56 Å². The first-order valence-corrected chi connectivity index (χ1v) is 9.43. The van der Waals surface area contributed by atoms with Crippen molar-refractivity contribution in [1.82, 2.24) is 9.55 Å². The first-order chi connectivity index (χ1) is 13.9. The first-order valence-electron chi connectivity index (χ1n) is 9.43. The molecule has 0 fully saturated rings. The fourth-order valence-electron chi connectivity index (χ4n) is 3.57. The molecule has 5 nitrogen and oxygen atoms in total. The molecule has 4 rings (SSSR count). The molecule has 0 aliphatic carbocycles. The number of nitrogens with zero attached hydrogens (tertiary/aromatic N) is 2. The number of aromatic nitrogens is 2. The summed E-state index contributed by atoms with van der Waals surface area (Å²) in [5.41, 5.74) is 12.6. The van der Waals surface area contributed by atoms with Gasteiger partial charge in [-0.2, -0.15) is 0 Å². The molecule has 0 saturated carbocycles. The lowest BCUT2D eigenvalue weighted by Gasteiger charge is -2.11. The third-order valence-electron chi connectivity index (χ3n) is 5.24. The summed E-state index contributed by atoms with van der Waals surface area (Å²) >= 11 is 0. The molecule has 0 spiro atoms. The van der Waals surface area contributed by atoms with E-state index in [-0.39, 0.29) is 11.4 Å². The molecular formula is C24H22N4O. The number of benzene rings is 3. The van der Waals surface area contributed by atoms with Crippen LogP contribution in [0.1, 0.15) is 22.4 Å². The van der Waals surface area contributed by atoms with Crippen molar-refractivity contribution < 1.29 is 0 Å². The number of nitrogen functional groups attached to an aromatic ring is 1. The van der Waals surface area contributed by atoms with Gasteiger partial charge in [0.15, 0.2) is 0 Å². The Morgan fingerprint density at radius 3 is 2.48 bits per heavy atom. The van der Waals surface area contributed by atoms with Gasteiger partial charge in [0.1, 0.15) is 11.5 Å². The molecule has 0 saturated heterocycles. The molecule has 0 amide bonds. The zero-order valence-electron chi connectivity index (χ0n) is 16.4. The van der Waals surface area contributed by atoms with Gasteiger partial charge in [-0.15, -0.1) is 0 Å². The molecule has 0 aliphatic rings. The summed E-state index contributed by atoms with van der Waals surface area (Å²) in [6, 6.07) is 21.6. The molecular weight excluding hydrogens is 360 g/mol. The Kier molecular flexibility index (Phi) is 4.72. The topological polar surface area (TPSA) is 84.8 Å². The van der Waals surface area contributed by atoms with E-state index >= 15 is 0 Å². The van der Waals surface area contributed by atoms with Crippen LogP contribution < -0.4 is 11.3 Å². The standard InChI is InChI=1S/C24H22N4O/c1-15-5-3-4-6-19(15)18-11-12-22-20(14-18)27-21(24(29)28(22)2)13-16-7-9-17(10-8-16)23(25)26/h3-12,14H,13H2,1-2H3,(H3,25,26). The second-order valence-electron chi connectivity index (χ2n) is 7.23. The molecule has 29 heavy (non-hydrogen) atoms. The van der Waals surface area contributed by atoms with E-state index in [1.807, 2.05) is 42.5 Å². The van der Waals surface area contributed by atoms with Crippen LogP contribution in [-0.4, -0.2) is 15.4 Å². The fraction of sp³-hybridized carbons (Fsp3) is 0.125. The number of amidine groups is 1. The van der Waals surface area contributed by atoms with E-state index in [4.69, 9.17) is 16.1 Å². The molecule has 144 valence electrons. The Labute approximate surface area is 169 Å². The van der Waals surface area contributed by atoms with E-state index in [1.54, 1.807) is 23.7 Å². The number of nitrogens with two attached hydrogens (primary N) is 1. The van der Waals surface area contributed by atoms with E-state index in [0.717, 1.165) is 27.7 Å². The van der Waals surface area contributed by atoms with Gasteiger partial charge in [-0.05, 0) is 41.3 Å². The largest absolute Gasteiger partial charge is 0.384 e. The van der Waals surface area contributed by atoms with E-state index in [2.05, 4.69) is 19.1 Å². The normalized spacial score (nSPS) is 11.0. The van der Waals surface area contributed by atoms with Crippen molar-refractivity contribution in [3.8, 4) is 11.1 Å². The predicted molar refractivity (Wildman–Crippen MR) is 117 cm³/mol.